The maximum atomic E-state index is 6.32. The van der Waals surface area contributed by atoms with Crippen molar-refractivity contribution in [2.75, 3.05) is 0 Å². The van der Waals surface area contributed by atoms with Crippen molar-refractivity contribution >= 4 is 0 Å². The van der Waals surface area contributed by atoms with Crippen molar-refractivity contribution in [1.29, 1.82) is 0 Å². The molecule has 0 atom stereocenters. The molecule has 0 aromatic heterocycles. The van der Waals surface area contributed by atoms with Gasteiger partial charge in [0.2, 0.25) is 0 Å². The highest BCUT2D eigenvalue weighted by Gasteiger charge is 2.41. The first-order chi connectivity index (χ1) is 7.21. The SMILES string of the molecule is CCC(CC)c1ccccc1C1(N)CC1. The fourth-order valence-electron chi connectivity index (χ4n) is 2.44. The predicted molar refractivity (Wildman–Crippen MR) is 64.9 cm³/mol. The van der Waals surface area contributed by atoms with Crippen LogP contribution in [0.4, 0.5) is 0 Å². The summed E-state index contributed by atoms with van der Waals surface area (Å²) in [5.74, 6) is 0.683. The molecule has 0 unspecified atom stereocenters. The van der Waals surface area contributed by atoms with Gasteiger partial charge in [-0.2, -0.15) is 0 Å². The summed E-state index contributed by atoms with van der Waals surface area (Å²) in [7, 11) is 0. The molecule has 1 aliphatic rings. The third-order valence-electron chi connectivity index (χ3n) is 3.71. The van der Waals surface area contributed by atoms with E-state index in [9.17, 15) is 0 Å². The van der Waals surface area contributed by atoms with Crippen LogP contribution in [0.25, 0.3) is 0 Å². The maximum absolute atomic E-state index is 6.32. The zero-order valence-electron chi connectivity index (χ0n) is 9.79. The second kappa shape index (κ2) is 3.97. The summed E-state index contributed by atoms with van der Waals surface area (Å²) in [5, 5.41) is 0. The molecule has 2 N–H and O–H groups in total. The molecule has 1 aliphatic carbocycles. The molecule has 0 spiro atoms. The lowest BCUT2D eigenvalue weighted by molar-refractivity contribution is 0.615. The first-order valence-corrected chi connectivity index (χ1v) is 6.09. The van der Waals surface area contributed by atoms with E-state index in [2.05, 4.69) is 38.1 Å². The van der Waals surface area contributed by atoms with Gasteiger partial charge in [-0.05, 0) is 42.7 Å². The first kappa shape index (κ1) is 10.7. The van der Waals surface area contributed by atoms with Crippen LogP contribution in [0.5, 0.6) is 0 Å². The Labute approximate surface area is 92.7 Å². The Morgan fingerprint density at radius 3 is 2.33 bits per heavy atom. The fraction of sp³-hybridized carbons (Fsp3) is 0.571. The van der Waals surface area contributed by atoms with Crippen LogP contribution in [0.2, 0.25) is 0 Å². The molecule has 15 heavy (non-hydrogen) atoms. The Bertz CT molecular complexity index is 335. The Morgan fingerprint density at radius 1 is 1.20 bits per heavy atom. The van der Waals surface area contributed by atoms with Crippen LogP contribution < -0.4 is 5.73 Å². The molecule has 1 nitrogen and oxygen atoms in total. The van der Waals surface area contributed by atoms with Gasteiger partial charge in [0, 0.05) is 5.54 Å². The number of hydrogen-bond acceptors (Lipinski definition) is 1. The Balaban J connectivity index is 2.37. The Kier molecular flexibility index (Phi) is 2.83. The zero-order chi connectivity index (χ0) is 10.9. The van der Waals surface area contributed by atoms with Gasteiger partial charge >= 0.3 is 0 Å². The molecule has 0 radical (unpaired) electrons. The molecule has 0 bridgehead atoms. The standard InChI is InChI=1S/C14H21N/c1-3-11(4-2)12-7-5-6-8-13(12)14(15)9-10-14/h5-8,11H,3-4,9-10,15H2,1-2H3. The summed E-state index contributed by atoms with van der Waals surface area (Å²) < 4.78 is 0. The average Bonchev–Trinajstić information content (AvgIpc) is 3.00. The van der Waals surface area contributed by atoms with Crippen LogP contribution in [0, 0.1) is 0 Å². The van der Waals surface area contributed by atoms with Crippen molar-refractivity contribution in [1.82, 2.24) is 0 Å². The molecule has 82 valence electrons. The summed E-state index contributed by atoms with van der Waals surface area (Å²) >= 11 is 0. The van der Waals surface area contributed by atoms with Gasteiger partial charge < -0.3 is 5.73 Å². The van der Waals surface area contributed by atoms with Gasteiger partial charge in [-0.25, -0.2) is 0 Å². The zero-order valence-corrected chi connectivity index (χ0v) is 9.79. The fourth-order valence-corrected chi connectivity index (χ4v) is 2.44. The second-order valence-electron chi connectivity index (χ2n) is 4.76. The van der Waals surface area contributed by atoms with Crippen LogP contribution in [0.3, 0.4) is 0 Å². The minimum atomic E-state index is 0.0131. The van der Waals surface area contributed by atoms with E-state index in [1.165, 1.54) is 24.0 Å². The highest BCUT2D eigenvalue weighted by Crippen LogP contribution is 2.46. The lowest BCUT2D eigenvalue weighted by Gasteiger charge is -2.21. The van der Waals surface area contributed by atoms with Crippen molar-refractivity contribution in [2.45, 2.75) is 51.0 Å². The van der Waals surface area contributed by atoms with Crippen LogP contribution in [0.15, 0.2) is 24.3 Å². The molecule has 1 saturated carbocycles. The van der Waals surface area contributed by atoms with E-state index in [1.54, 1.807) is 0 Å². The number of benzene rings is 1. The number of rotatable bonds is 4. The largest absolute Gasteiger partial charge is 0.321 e. The van der Waals surface area contributed by atoms with Gasteiger partial charge in [0.15, 0.2) is 0 Å². The van der Waals surface area contributed by atoms with Gasteiger partial charge in [-0.15, -0.1) is 0 Å². The van der Waals surface area contributed by atoms with E-state index in [1.807, 2.05) is 0 Å². The predicted octanol–water partition coefficient (Wildman–Crippen LogP) is 3.54. The molecule has 0 aliphatic heterocycles. The van der Waals surface area contributed by atoms with Crippen molar-refractivity contribution in [3.8, 4) is 0 Å². The normalized spacial score (nSPS) is 18.1. The molecule has 1 fully saturated rings. The lowest BCUT2D eigenvalue weighted by atomic mass is 9.87. The quantitative estimate of drug-likeness (QED) is 0.796. The summed E-state index contributed by atoms with van der Waals surface area (Å²) in [6.07, 6.45) is 4.74. The number of hydrogen-bond donors (Lipinski definition) is 1. The van der Waals surface area contributed by atoms with E-state index in [4.69, 9.17) is 5.73 Å². The van der Waals surface area contributed by atoms with E-state index in [0.29, 0.717) is 5.92 Å². The monoisotopic (exact) mass is 203 g/mol. The molecular formula is C14H21N. The molecule has 1 aromatic rings. The van der Waals surface area contributed by atoms with E-state index < -0.39 is 0 Å². The smallest absolute Gasteiger partial charge is 0.0414 e. The second-order valence-corrected chi connectivity index (χ2v) is 4.76. The van der Waals surface area contributed by atoms with Gasteiger partial charge in [-0.1, -0.05) is 38.1 Å². The van der Waals surface area contributed by atoms with Crippen molar-refractivity contribution in [3.05, 3.63) is 35.4 Å². The van der Waals surface area contributed by atoms with E-state index in [0.717, 1.165) is 12.8 Å². The van der Waals surface area contributed by atoms with Gasteiger partial charge in [0.05, 0.1) is 0 Å². The van der Waals surface area contributed by atoms with Gasteiger partial charge in [0.1, 0.15) is 0 Å². The lowest BCUT2D eigenvalue weighted by Crippen LogP contribution is -2.21. The highest BCUT2D eigenvalue weighted by molar-refractivity contribution is 5.39. The molecule has 0 heterocycles. The van der Waals surface area contributed by atoms with Crippen molar-refractivity contribution in [3.63, 3.8) is 0 Å². The molecule has 2 rings (SSSR count). The Morgan fingerprint density at radius 2 is 1.80 bits per heavy atom. The highest BCUT2D eigenvalue weighted by atomic mass is 14.8. The van der Waals surface area contributed by atoms with Crippen LogP contribution in [-0.2, 0) is 5.54 Å². The summed E-state index contributed by atoms with van der Waals surface area (Å²) in [4.78, 5) is 0. The van der Waals surface area contributed by atoms with Crippen LogP contribution in [-0.4, -0.2) is 0 Å². The minimum absolute atomic E-state index is 0.0131. The van der Waals surface area contributed by atoms with Crippen molar-refractivity contribution in [2.24, 2.45) is 5.73 Å². The molecule has 0 saturated heterocycles. The van der Waals surface area contributed by atoms with E-state index >= 15 is 0 Å². The molecule has 0 amide bonds. The van der Waals surface area contributed by atoms with Crippen LogP contribution >= 0.6 is 0 Å². The first-order valence-electron chi connectivity index (χ1n) is 6.09. The van der Waals surface area contributed by atoms with Crippen molar-refractivity contribution < 1.29 is 0 Å². The summed E-state index contributed by atoms with van der Waals surface area (Å²) in [5.41, 5.74) is 9.22. The minimum Gasteiger partial charge on any atom is -0.321 e. The molecule has 1 aromatic carbocycles. The maximum Gasteiger partial charge on any atom is 0.0414 e. The summed E-state index contributed by atoms with van der Waals surface area (Å²) in [6, 6.07) is 8.75. The average molecular weight is 203 g/mol. The van der Waals surface area contributed by atoms with Gasteiger partial charge in [0.25, 0.3) is 0 Å². The number of nitrogens with two attached hydrogens (primary N) is 1. The Hall–Kier alpha value is -0.820. The van der Waals surface area contributed by atoms with Crippen LogP contribution in [0.1, 0.15) is 56.6 Å². The molecular weight excluding hydrogens is 182 g/mol. The summed E-state index contributed by atoms with van der Waals surface area (Å²) in [6.45, 7) is 4.53. The molecule has 1 heteroatoms. The third kappa shape index (κ3) is 1.93. The van der Waals surface area contributed by atoms with Gasteiger partial charge in [-0.3, -0.25) is 0 Å². The topological polar surface area (TPSA) is 26.0 Å². The third-order valence-corrected chi connectivity index (χ3v) is 3.71. The van der Waals surface area contributed by atoms with E-state index in [-0.39, 0.29) is 5.54 Å².